The van der Waals surface area contributed by atoms with Crippen molar-refractivity contribution in [2.24, 2.45) is 0 Å². The van der Waals surface area contributed by atoms with Gasteiger partial charge in [0.2, 0.25) is 0 Å². The molecule has 0 amide bonds. The number of nitro benzene ring substituents is 1. The zero-order valence-corrected chi connectivity index (χ0v) is 7.98. The van der Waals surface area contributed by atoms with Crippen molar-refractivity contribution in [1.29, 1.82) is 0 Å². The lowest BCUT2D eigenvalue weighted by molar-refractivity contribution is -0.385. The highest BCUT2D eigenvalue weighted by Crippen LogP contribution is 2.22. The number of rotatable bonds is 5. The van der Waals surface area contributed by atoms with E-state index >= 15 is 0 Å². The molecule has 0 aromatic heterocycles. The van der Waals surface area contributed by atoms with Gasteiger partial charge in [-0.3, -0.25) is 10.1 Å². The molecule has 1 rings (SSSR count). The van der Waals surface area contributed by atoms with E-state index in [1.807, 2.05) is 0 Å². The van der Waals surface area contributed by atoms with Gasteiger partial charge in [-0.25, -0.2) is 4.39 Å². The summed E-state index contributed by atoms with van der Waals surface area (Å²) in [5.41, 5.74) is -0.288. The van der Waals surface area contributed by atoms with Crippen LogP contribution in [0.15, 0.2) is 30.9 Å². The van der Waals surface area contributed by atoms with Crippen LogP contribution in [0, 0.1) is 15.9 Å². The maximum absolute atomic E-state index is 13.2. The first-order valence-electron chi connectivity index (χ1n) is 4.33. The Hall–Kier alpha value is -1.91. The molecule has 0 saturated heterocycles. The lowest BCUT2D eigenvalue weighted by Gasteiger charge is -2.04. The Morgan fingerprint density at radius 2 is 2.33 bits per heavy atom. The molecule has 0 atom stereocenters. The monoisotopic (exact) mass is 211 g/mol. The fourth-order valence-electron chi connectivity index (χ4n) is 0.973. The molecule has 5 heteroatoms. The summed E-state index contributed by atoms with van der Waals surface area (Å²) in [5.74, 6) is -0.712. The van der Waals surface area contributed by atoms with Gasteiger partial charge in [0.1, 0.15) is 0 Å². The highest BCUT2D eigenvalue weighted by atomic mass is 19.1. The third-order valence-corrected chi connectivity index (χ3v) is 1.71. The summed E-state index contributed by atoms with van der Waals surface area (Å²) in [5, 5.41) is 10.3. The van der Waals surface area contributed by atoms with Gasteiger partial charge >= 0.3 is 0 Å². The van der Waals surface area contributed by atoms with Crippen LogP contribution in [0.4, 0.5) is 10.1 Å². The predicted molar refractivity (Wildman–Crippen MR) is 53.4 cm³/mol. The first-order valence-corrected chi connectivity index (χ1v) is 4.33. The third kappa shape index (κ3) is 3.05. The summed E-state index contributed by atoms with van der Waals surface area (Å²) >= 11 is 0. The molecule has 0 aliphatic carbocycles. The van der Waals surface area contributed by atoms with Crippen molar-refractivity contribution in [3.8, 4) is 5.75 Å². The van der Waals surface area contributed by atoms with Crippen LogP contribution >= 0.6 is 0 Å². The summed E-state index contributed by atoms with van der Waals surface area (Å²) in [4.78, 5) is 9.65. The zero-order valence-electron chi connectivity index (χ0n) is 7.98. The number of non-ortho nitro benzene ring substituents is 1. The molecular formula is C10H10FNO3. The van der Waals surface area contributed by atoms with E-state index in [0.29, 0.717) is 13.0 Å². The molecule has 80 valence electrons. The fraction of sp³-hybridized carbons (Fsp3) is 0.200. The molecule has 0 heterocycles. The Morgan fingerprint density at radius 1 is 1.60 bits per heavy atom. The van der Waals surface area contributed by atoms with E-state index in [2.05, 4.69) is 6.58 Å². The van der Waals surface area contributed by atoms with E-state index < -0.39 is 10.7 Å². The van der Waals surface area contributed by atoms with Gasteiger partial charge < -0.3 is 4.74 Å². The molecule has 1 aromatic carbocycles. The highest BCUT2D eigenvalue weighted by Gasteiger charge is 2.10. The largest absolute Gasteiger partial charge is 0.490 e. The summed E-state index contributed by atoms with van der Waals surface area (Å²) in [7, 11) is 0. The quantitative estimate of drug-likeness (QED) is 0.325. The molecule has 0 N–H and O–H groups in total. The second-order valence-electron chi connectivity index (χ2n) is 2.80. The number of hydrogen-bond acceptors (Lipinski definition) is 3. The van der Waals surface area contributed by atoms with Gasteiger partial charge in [-0.15, -0.1) is 6.58 Å². The van der Waals surface area contributed by atoms with Crippen LogP contribution in [0.3, 0.4) is 0 Å². The SMILES string of the molecule is C=CCCOc1ccc([N+](=O)[O-])cc1F. The minimum absolute atomic E-state index is 0.0162. The van der Waals surface area contributed by atoms with Crippen LogP contribution in [-0.4, -0.2) is 11.5 Å². The average Bonchev–Trinajstić information content (AvgIpc) is 2.20. The topological polar surface area (TPSA) is 52.4 Å². The second-order valence-corrected chi connectivity index (χ2v) is 2.80. The fourth-order valence-corrected chi connectivity index (χ4v) is 0.973. The Bertz CT molecular complexity index is 379. The summed E-state index contributed by atoms with van der Waals surface area (Å²) in [6.07, 6.45) is 2.24. The van der Waals surface area contributed by atoms with Crippen LogP contribution in [0.1, 0.15) is 6.42 Å². The van der Waals surface area contributed by atoms with Gasteiger partial charge in [-0.05, 0) is 12.5 Å². The summed E-state index contributed by atoms with van der Waals surface area (Å²) in [6.45, 7) is 3.79. The third-order valence-electron chi connectivity index (χ3n) is 1.71. The van der Waals surface area contributed by atoms with Gasteiger partial charge in [0.05, 0.1) is 17.6 Å². The van der Waals surface area contributed by atoms with Crippen LogP contribution < -0.4 is 4.74 Å². The molecule has 0 spiro atoms. The zero-order chi connectivity index (χ0) is 11.3. The van der Waals surface area contributed by atoms with Crippen molar-refractivity contribution in [2.45, 2.75) is 6.42 Å². The van der Waals surface area contributed by atoms with Crippen molar-refractivity contribution < 1.29 is 14.1 Å². The van der Waals surface area contributed by atoms with E-state index in [-0.39, 0.29) is 11.4 Å². The van der Waals surface area contributed by atoms with E-state index in [1.165, 1.54) is 12.1 Å². The molecule has 0 fully saturated rings. The van der Waals surface area contributed by atoms with Crippen molar-refractivity contribution in [1.82, 2.24) is 0 Å². The Balaban J connectivity index is 2.74. The standard InChI is InChI=1S/C10H10FNO3/c1-2-3-6-15-10-5-4-8(12(13)14)7-9(10)11/h2,4-5,7H,1,3,6H2. The molecule has 15 heavy (non-hydrogen) atoms. The molecule has 1 aromatic rings. The average molecular weight is 211 g/mol. The van der Waals surface area contributed by atoms with E-state index in [0.717, 1.165) is 6.07 Å². The maximum Gasteiger partial charge on any atom is 0.272 e. The van der Waals surface area contributed by atoms with E-state index in [4.69, 9.17) is 4.74 Å². The van der Waals surface area contributed by atoms with Gasteiger partial charge in [0.15, 0.2) is 11.6 Å². The van der Waals surface area contributed by atoms with Gasteiger partial charge in [0.25, 0.3) is 5.69 Å². The molecule has 0 aliphatic heterocycles. The normalized spacial score (nSPS) is 9.67. The van der Waals surface area contributed by atoms with Crippen LogP contribution in [0.2, 0.25) is 0 Å². The van der Waals surface area contributed by atoms with Crippen molar-refractivity contribution in [3.63, 3.8) is 0 Å². The number of nitro groups is 1. The second kappa shape index (κ2) is 5.09. The van der Waals surface area contributed by atoms with Crippen molar-refractivity contribution >= 4 is 5.69 Å². The van der Waals surface area contributed by atoms with E-state index in [1.54, 1.807) is 6.08 Å². The first kappa shape index (κ1) is 11.2. The predicted octanol–water partition coefficient (Wildman–Crippen LogP) is 2.69. The first-order chi connectivity index (χ1) is 7.15. The van der Waals surface area contributed by atoms with Crippen molar-refractivity contribution in [3.05, 3.63) is 46.8 Å². The molecule has 0 saturated carbocycles. The number of hydrogen-bond donors (Lipinski definition) is 0. The highest BCUT2D eigenvalue weighted by molar-refractivity contribution is 5.37. The Kier molecular flexibility index (Phi) is 3.79. The minimum Gasteiger partial charge on any atom is -0.490 e. The number of halogens is 1. The maximum atomic E-state index is 13.2. The molecule has 0 unspecified atom stereocenters. The molecular weight excluding hydrogens is 201 g/mol. The van der Waals surface area contributed by atoms with Gasteiger partial charge in [0, 0.05) is 6.07 Å². The minimum atomic E-state index is -0.728. The van der Waals surface area contributed by atoms with Gasteiger partial charge in [-0.1, -0.05) is 6.08 Å². The molecule has 0 bridgehead atoms. The number of benzene rings is 1. The molecule has 4 nitrogen and oxygen atoms in total. The molecule has 0 radical (unpaired) electrons. The van der Waals surface area contributed by atoms with Crippen molar-refractivity contribution in [2.75, 3.05) is 6.61 Å². The Morgan fingerprint density at radius 3 is 2.87 bits per heavy atom. The van der Waals surface area contributed by atoms with E-state index in [9.17, 15) is 14.5 Å². The summed E-state index contributed by atoms with van der Waals surface area (Å²) in [6, 6.07) is 3.28. The Labute approximate surface area is 86.1 Å². The lowest BCUT2D eigenvalue weighted by atomic mass is 10.3. The number of nitrogens with zero attached hydrogens (tertiary/aromatic N) is 1. The molecule has 0 aliphatic rings. The lowest BCUT2D eigenvalue weighted by Crippen LogP contribution is -1.98. The summed E-state index contributed by atoms with van der Waals surface area (Å²) < 4.78 is 18.2. The van der Waals surface area contributed by atoms with Crippen LogP contribution in [0.5, 0.6) is 5.75 Å². The number of ether oxygens (including phenoxy) is 1. The van der Waals surface area contributed by atoms with Crippen LogP contribution in [-0.2, 0) is 0 Å². The van der Waals surface area contributed by atoms with Gasteiger partial charge in [-0.2, -0.15) is 0 Å². The smallest absolute Gasteiger partial charge is 0.272 e. The van der Waals surface area contributed by atoms with Crippen LogP contribution in [0.25, 0.3) is 0 Å².